The standard InChI is InChI=1S/C18H16Cl2O3S/c1-24(21,22)17-4-2-12(3-5-17)18(13-6-7-23-11-13)14-8-15(19)10-16(20)9-14/h2-5,8-10H,6-7,11H2,1H3/b18-13-. The summed E-state index contributed by atoms with van der Waals surface area (Å²) in [5.41, 5.74) is 3.97. The van der Waals surface area contributed by atoms with Crippen LogP contribution in [-0.4, -0.2) is 27.9 Å². The Morgan fingerprint density at radius 1 is 1.00 bits per heavy atom. The largest absolute Gasteiger partial charge is 0.377 e. The Morgan fingerprint density at radius 3 is 2.12 bits per heavy atom. The monoisotopic (exact) mass is 382 g/mol. The number of rotatable bonds is 3. The Hall–Kier alpha value is -1.33. The molecular weight excluding hydrogens is 367 g/mol. The summed E-state index contributed by atoms with van der Waals surface area (Å²) in [7, 11) is -3.23. The Morgan fingerprint density at radius 2 is 1.62 bits per heavy atom. The van der Waals surface area contributed by atoms with Crippen LogP contribution in [0.15, 0.2) is 52.9 Å². The summed E-state index contributed by atoms with van der Waals surface area (Å²) in [6.45, 7) is 1.22. The van der Waals surface area contributed by atoms with Gasteiger partial charge in [0.1, 0.15) is 0 Å². The van der Waals surface area contributed by atoms with Gasteiger partial charge in [-0.3, -0.25) is 0 Å². The lowest BCUT2D eigenvalue weighted by atomic mass is 9.92. The van der Waals surface area contributed by atoms with E-state index in [4.69, 9.17) is 27.9 Å². The van der Waals surface area contributed by atoms with Crippen molar-refractivity contribution in [3.05, 3.63) is 69.2 Å². The van der Waals surface area contributed by atoms with Crippen LogP contribution in [0.1, 0.15) is 17.5 Å². The van der Waals surface area contributed by atoms with Gasteiger partial charge in [0.05, 0.1) is 18.1 Å². The van der Waals surface area contributed by atoms with E-state index in [1.54, 1.807) is 18.2 Å². The fraction of sp³-hybridized carbons (Fsp3) is 0.222. The number of hydrogen-bond acceptors (Lipinski definition) is 3. The SMILES string of the molecule is CS(=O)(=O)c1ccc(/C(=C2\CCOC2)c2cc(Cl)cc(Cl)c2)cc1. The summed E-state index contributed by atoms with van der Waals surface area (Å²) in [6.07, 6.45) is 2.02. The van der Waals surface area contributed by atoms with E-state index < -0.39 is 9.84 Å². The molecule has 6 heteroatoms. The molecule has 126 valence electrons. The topological polar surface area (TPSA) is 43.4 Å². The van der Waals surface area contributed by atoms with E-state index in [0.29, 0.717) is 28.2 Å². The summed E-state index contributed by atoms with van der Waals surface area (Å²) >= 11 is 12.3. The molecule has 1 fully saturated rings. The van der Waals surface area contributed by atoms with Crippen molar-refractivity contribution in [1.29, 1.82) is 0 Å². The van der Waals surface area contributed by atoms with Crippen LogP contribution in [0.4, 0.5) is 0 Å². The maximum atomic E-state index is 11.7. The Bertz CT molecular complexity index is 872. The molecule has 0 aromatic heterocycles. The lowest BCUT2D eigenvalue weighted by Crippen LogP contribution is -1.99. The molecule has 0 atom stereocenters. The Labute approximate surface area is 151 Å². The van der Waals surface area contributed by atoms with Crippen molar-refractivity contribution in [1.82, 2.24) is 0 Å². The van der Waals surface area contributed by atoms with Gasteiger partial charge in [0, 0.05) is 16.3 Å². The third-order valence-electron chi connectivity index (χ3n) is 3.90. The van der Waals surface area contributed by atoms with Crippen molar-refractivity contribution in [3.8, 4) is 0 Å². The maximum Gasteiger partial charge on any atom is 0.175 e. The summed E-state index contributed by atoms with van der Waals surface area (Å²) in [4.78, 5) is 0.294. The molecule has 1 aliphatic heterocycles. The van der Waals surface area contributed by atoms with Gasteiger partial charge < -0.3 is 4.74 Å². The van der Waals surface area contributed by atoms with Gasteiger partial charge in [-0.25, -0.2) is 8.42 Å². The molecule has 3 rings (SSSR count). The molecular formula is C18H16Cl2O3S. The summed E-state index contributed by atoms with van der Waals surface area (Å²) in [6, 6.07) is 12.3. The first-order valence-electron chi connectivity index (χ1n) is 7.41. The minimum absolute atomic E-state index is 0.294. The zero-order valence-electron chi connectivity index (χ0n) is 13.1. The highest BCUT2D eigenvalue weighted by Crippen LogP contribution is 2.34. The van der Waals surface area contributed by atoms with E-state index in [9.17, 15) is 8.42 Å². The molecule has 0 spiro atoms. The Kier molecular flexibility index (Phi) is 5.02. The molecule has 0 N–H and O–H groups in total. The molecule has 0 bridgehead atoms. The molecule has 0 unspecified atom stereocenters. The van der Waals surface area contributed by atoms with Gasteiger partial charge in [-0.05, 0) is 59.0 Å². The highest BCUT2D eigenvalue weighted by molar-refractivity contribution is 7.90. The van der Waals surface area contributed by atoms with Crippen LogP contribution >= 0.6 is 23.2 Å². The molecule has 2 aromatic carbocycles. The highest BCUT2D eigenvalue weighted by atomic mass is 35.5. The highest BCUT2D eigenvalue weighted by Gasteiger charge is 2.18. The molecule has 1 aliphatic rings. The second-order valence-electron chi connectivity index (χ2n) is 5.74. The molecule has 1 heterocycles. The normalized spacial score (nSPS) is 17.1. The van der Waals surface area contributed by atoms with E-state index in [0.717, 1.165) is 28.7 Å². The number of hydrogen-bond donors (Lipinski definition) is 0. The predicted octanol–water partition coefficient (Wildman–Crippen LogP) is 4.62. The lowest BCUT2D eigenvalue weighted by molar-refractivity contribution is 0.205. The maximum absolute atomic E-state index is 11.7. The van der Waals surface area contributed by atoms with Crippen LogP contribution in [0.2, 0.25) is 10.0 Å². The van der Waals surface area contributed by atoms with E-state index >= 15 is 0 Å². The average molecular weight is 383 g/mol. The summed E-state index contributed by atoms with van der Waals surface area (Å²) < 4.78 is 28.8. The molecule has 2 aromatic rings. The second-order valence-corrected chi connectivity index (χ2v) is 8.62. The smallest absolute Gasteiger partial charge is 0.175 e. The average Bonchev–Trinajstić information content (AvgIpc) is 3.00. The van der Waals surface area contributed by atoms with Crippen molar-refractivity contribution in [3.63, 3.8) is 0 Å². The molecule has 0 aliphatic carbocycles. The molecule has 1 saturated heterocycles. The van der Waals surface area contributed by atoms with Gasteiger partial charge in [0.25, 0.3) is 0 Å². The first-order chi connectivity index (χ1) is 11.3. The van der Waals surface area contributed by atoms with Crippen LogP contribution in [0.3, 0.4) is 0 Å². The fourth-order valence-corrected chi connectivity index (χ4v) is 3.96. The molecule has 0 radical (unpaired) electrons. The van der Waals surface area contributed by atoms with Crippen LogP contribution in [0.25, 0.3) is 5.57 Å². The fourth-order valence-electron chi connectivity index (χ4n) is 2.80. The molecule has 0 amide bonds. The van der Waals surface area contributed by atoms with Crippen LogP contribution in [0, 0.1) is 0 Å². The van der Waals surface area contributed by atoms with E-state index in [-0.39, 0.29) is 0 Å². The zero-order valence-corrected chi connectivity index (χ0v) is 15.4. The molecule has 0 saturated carbocycles. The second kappa shape index (κ2) is 6.89. The van der Waals surface area contributed by atoms with Crippen LogP contribution < -0.4 is 0 Å². The van der Waals surface area contributed by atoms with Gasteiger partial charge in [0.15, 0.2) is 9.84 Å². The number of ether oxygens (including phenoxy) is 1. The van der Waals surface area contributed by atoms with Gasteiger partial charge in [0.2, 0.25) is 0 Å². The van der Waals surface area contributed by atoms with Crippen LogP contribution in [-0.2, 0) is 14.6 Å². The summed E-state index contributed by atoms with van der Waals surface area (Å²) in [5, 5.41) is 1.12. The van der Waals surface area contributed by atoms with Gasteiger partial charge in [-0.1, -0.05) is 35.3 Å². The predicted molar refractivity (Wildman–Crippen MR) is 97.5 cm³/mol. The van der Waals surface area contributed by atoms with Crippen molar-refractivity contribution < 1.29 is 13.2 Å². The quantitative estimate of drug-likeness (QED) is 0.777. The minimum atomic E-state index is -3.23. The molecule has 24 heavy (non-hydrogen) atoms. The number of benzene rings is 2. The van der Waals surface area contributed by atoms with Crippen LogP contribution in [0.5, 0.6) is 0 Å². The number of halogens is 2. The van der Waals surface area contributed by atoms with Gasteiger partial charge >= 0.3 is 0 Å². The first-order valence-corrected chi connectivity index (χ1v) is 10.1. The third-order valence-corrected chi connectivity index (χ3v) is 5.47. The molecule has 3 nitrogen and oxygen atoms in total. The van der Waals surface area contributed by atoms with Crippen molar-refractivity contribution in [2.45, 2.75) is 11.3 Å². The van der Waals surface area contributed by atoms with E-state index in [1.165, 1.54) is 6.26 Å². The van der Waals surface area contributed by atoms with E-state index in [1.807, 2.05) is 24.3 Å². The van der Waals surface area contributed by atoms with Crippen molar-refractivity contribution in [2.75, 3.05) is 19.5 Å². The Balaban J connectivity index is 2.15. The zero-order chi connectivity index (χ0) is 17.3. The minimum Gasteiger partial charge on any atom is -0.377 e. The third kappa shape index (κ3) is 3.83. The first kappa shape index (κ1) is 17.5. The lowest BCUT2D eigenvalue weighted by Gasteiger charge is -2.13. The number of sulfone groups is 1. The van der Waals surface area contributed by atoms with Crippen molar-refractivity contribution in [2.24, 2.45) is 0 Å². The summed E-state index contributed by atoms with van der Waals surface area (Å²) in [5.74, 6) is 0. The van der Waals surface area contributed by atoms with Gasteiger partial charge in [-0.15, -0.1) is 0 Å². The van der Waals surface area contributed by atoms with E-state index in [2.05, 4.69) is 0 Å². The van der Waals surface area contributed by atoms with Gasteiger partial charge in [-0.2, -0.15) is 0 Å². The van der Waals surface area contributed by atoms with Crippen molar-refractivity contribution >= 4 is 38.6 Å².